The lowest BCUT2D eigenvalue weighted by Gasteiger charge is -2.35. The molecule has 2 amide bonds. The number of hydrogen-bond donors (Lipinski definition) is 1. The minimum atomic E-state index is -0.687. The Kier molecular flexibility index (Phi) is 5.72. The summed E-state index contributed by atoms with van der Waals surface area (Å²) in [6, 6.07) is 9.99. The summed E-state index contributed by atoms with van der Waals surface area (Å²) in [5.41, 5.74) is 3.26. The van der Waals surface area contributed by atoms with Gasteiger partial charge in [-0.1, -0.05) is 17.7 Å². The zero-order valence-corrected chi connectivity index (χ0v) is 17.0. The number of hydrogen-bond acceptors (Lipinski definition) is 4. The molecule has 1 aliphatic carbocycles. The number of nitrogens with zero attached hydrogens (tertiary/aromatic N) is 2. The van der Waals surface area contributed by atoms with Gasteiger partial charge in [-0.3, -0.25) is 14.4 Å². The van der Waals surface area contributed by atoms with Crippen molar-refractivity contribution in [3.8, 4) is 0 Å². The summed E-state index contributed by atoms with van der Waals surface area (Å²) in [5.74, 6) is -1.55. The Bertz CT molecular complexity index is 1020. The Morgan fingerprint density at radius 2 is 1.73 bits per heavy atom. The Morgan fingerprint density at radius 3 is 2.47 bits per heavy atom. The Balaban J connectivity index is 1.34. The van der Waals surface area contributed by atoms with Gasteiger partial charge in [0.2, 0.25) is 0 Å². The number of fused-ring (bicyclic) bond motifs is 1. The zero-order valence-electron chi connectivity index (χ0n) is 16.3. The van der Waals surface area contributed by atoms with Gasteiger partial charge < -0.3 is 15.1 Å². The molecule has 30 heavy (non-hydrogen) atoms. The van der Waals surface area contributed by atoms with Crippen molar-refractivity contribution in [3.63, 3.8) is 0 Å². The maximum atomic E-state index is 13.7. The number of rotatable bonds is 2. The van der Waals surface area contributed by atoms with Crippen molar-refractivity contribution in [2.45, 2.75) is 19.3 Å². The molecule has 1 aliphatic heterocycles. The van der Waals surface area contributed by atoms with Crippen molar-refractivity contribution in [2.24, 2.45) is 0 Å². The second kappa shape index (κ2) is 8.44. The molecule has 0 radical (unpaired) electrons. The smallest absolute Gasteiger partial charge is 0.313 e. The molecule has 0 aromatic heterocycles. The van der Waals surface area contributed by atoms with E-state index in [1.54, 1.807) is 12.1 Å². The van der Waals surface area contributed by atoms with Crippen LogP contribution in [0.4, 0.5) is 15.8 Å². The number of carbonyl (C=O) groups excluding carboxylic acids is 3. The fourth-order valence-corrected chi connectivity index (χ4v) is 3.98. The van der Waals surface area contributed by atoms with Crippen molar-refractivity contribution >= 4 is 40.6 Å². The molecule has 0 bridgehead atoms. The summed E-state index contributed by atoms with van der Waals surface area (Å²) in [6.45, 7) is 1.71. The predicted molar refractivity (Wildman–Crippen MR) is 112 cm³/mol. The molecular weight excluding hydrogens is 409 g/mol. The van der Waals surface area contributed by atoms with Crippen LogP contribution in [0.1, 0.15) is 17.5 Å². The monoisotopic (exact) mass is 429 g/mol. The van der Waals surface area contributed by atoms with Gasteiger partial charge in [-0.25, -0.2) is 4.39 Å². The number of amides is 2. The summed E-state index contributed by atoms with van der Waals surface area (Å²) in [4.78, 5) is 40.0. The lowest BCUT2D eigenvalue weighted by Crippen LogP contribution is -2.51. The van der Waals surface area contributed by atoms with Gasteiger partial charge in [0, 0.05) is 50.4 Å². The first-order valence-corrected chi connectivity index (χ1v) is 10.2. The molecule has 6 nitrogen and oxygen atoms in total. The van der Waals surface area contributed by atoms with E-state index in [1.165, 1.54) is 17.0 Å². The van der Waals surface area contributed by atoms with E-state index < -0.39 is 17.6 Å². The standard InChI is InChI=1S/C22H21ClFN3O3/c23-19-6-4-17(13-20(19)24)26-7-9-27(10-8-26)22(30)21(29)25-16-3-1-15-12-18(28)5-2-14(15)11-16/h1,3-4,6,11,13H,2,5,7-10,12H2,(H,25,29). The molecule has 2 aromatic carbocycles. The number of benzene rings is 2. The normalized spacial score (nSPS) is 16.3. The molecule has 2 aromatic rings. The van der Waals surface area contributed by atoms with Crippen LogP contribution in [0, 0.1) is 5.82 Å². The van der Waals surface area contributed by atoms with Crippen LogP contribution in [0.3, 0.4) is 0 Å². The van der Waals surface area contributed by atoms with E-state index >= 15 is 0 Å². The minimum absolute atomic E-state index is 0.0676. The van der Waals surface area contributed by atoms with Crippen LogP contribution >= 0.6 is 11.6 Å². The number of piperazine rings is 1. The van der Waals surface area contributed by atoms with Gasteiger partial charge in [0.1, 0.15) is 11.6 Å². The highest BCUT2D eigenvalue weighted by Gasteiger charge is 2.27. The Morgan fingerprint density at radius 1 is 0.967 bits per heavy atom. The fraction of sp³-hybridized carbons (Fsp3) is 0.318. The third kappa shape index (κ3) is 4.31. The lowest BCUT2D eigenvalue weighted by atomic mass is 9.90. The molecule has 0 unspecified atom stereocenters. The van der Waals surface area contributed by atoms with E-state index in [-0.39, 0.29) is 10.8 Å². The maximum absolute atomic E-state index is 13.7. The summed E-state index contributed by atoms with van der Waals surface area (Å²) in [5, 5.41) is 2.73. The lowest BCUT2D eigenvalue weighted by molar-refractivity contribution is -0.143. The average Bonchev–Trinajstić information content (AvgIpc) is 2.75. The molecular formula is C22H21ClFN3O3. The molecule has 0 spiro atoms. The number of ketones is 1. The number of aryl methyl sites for hydroxylation is 1. The van der Waals surface area contributed by atoms with E-state index in [0.29, 0.717) is 56.8 Å². The molecule has 156 valence electrons. The van der Waals surface area contributed by atoms with E-state index in [0.717, 1.165) is 11.1 Å². The SMILES string of the molecule is O=C1CCc2cc(NC(=O)C(=O)N3CCN(c4ccc(Cl)c(F)c4)CC3)ccc2C1. The van der Waals surface area contributed by atoms with Crippen LogP contribution in [0.15, 0.2) is 36.4 Å². The minimum Gasteiger partial charge on any atom is -0.368 e. The van der Waals surface area contributed by atoms with Crippen LogP contribution in [0.25, 0.3) is 0 Å². The Labute approximate surface area is 178 Å². The van der Waals surface area contributed by atoms with Crippen molar-refractivity contribution in [2.75, 3.05) is 36.4 Å². The molecule has 8 heteroatoms. The predicted octanol–water partition coefficient (Wildman–Crippen LogP) is 2.82. The number of nitrogens with one attached hydrogen (secondary N) is 1. The number of anilines is 2. The highest BCUT2D eigenvalue weighted by atomic mass is 35.5. The molecule has 1 N–H and O–H groups in total. The van der Waals surface area contributed by atoms with E-state index in [9.17, 15) is 18.8 Å². The average molecular weight is 430 g/mol. The molecule has 2 aliphatic rings. The van der Waals surface area contributed by atoms with E-state index in [1.807, 2.05) is 17.0 Å². The van der Waals surface area contributed by atoms with Gasteiger partial charge in [-0.05, 0) is 47.9 Å². The van der Waals surface area contributed by atoms with Crippen LogP contribution in [0.5, 0.6) is 0 Å². The molecule has 0 atom stereocenters. The van der Waals surface area contributed by atoms with Gasteiger partial charge in [-0.2, -0.15) is 0 Å². The van der Waals surface area contributed by atoms with Crippen LogP contribution in [0.2, 0.25) is 5.02 Å². The topological polar surface area (TPSA) is 69.7 Å². The zero-order chi connectivity index (χ0) is 21.3. The number of carbonyl (C=O) groups is 3. The van der Waals surface area contributed by atoms with Gasteiger partial charge in [0.25, 0.3) is 0 Å². The quantitative estimate of drug-likeness (QED) is 0.745. The summed E-state index contributed by atoms with van der Waals surface area (Å²) < 4.78 is 13.7. The van der Waals surface area contributed by atoms with E-state index in [2.05, 4.69) is 5.32 Å². The van der Waals surface area contributed by atoms with Gasteiger partial charge in [0.05, 0.1) is 5.02 Å². The first kappa shape index (κ1) is 20.3. The van der Waals surface area contributed by atoms with Crippen LogP contribution < -0.4 is 10.2 Å². The third-order valence-corrected chi connectivity index (χ3v) is 5.86. The second-order valence-electron chi connectivity index (χ2n) is 7.53. The maximum Gasteiger partial charge on any atom is 0.313 e. The van der Waals surface area contributed by atoms with E-state index in [4.69, 9.17) is 11.6 Å². The molecule has 1 heterocycles. The van der Waals surface area contributed by atoms with Crippen molar-refractivity contribution in [3.05, 3.63) is 58.4 Å². The highest BCUT2D eigenvalue weighted by molar-refractivity contribution is 6.39. The second-order valence-corrected chi connectivity index (χ2v) is 7.94. The van der Waals surface area contributed by atoms with Crippen molar-refractivity contribution in [1.82, 2.24) is 4.90 Å². The van der Waals surface area contributed by atoms with Crippen molar-refractivity contribution < 1.29 is 18.8 Å². The van der Waals surface area contributed by atoms with Crippen LogP contribution in [-0.2, 0) is 27.2 Å². The third-order valence-electron chi connectivity index (χ3n) is 5.55. The Hall–Kier alpha value is -2.93. The highest BCUT2D eigenvalue weighted by Crippen LogP contribution is 2.24. The van der Waals surface area contributed by atoms with Crippen molar-refractivity contribution in [1.29, 1.82) is 0 Å². The van der Waals surface area contributed by atoms with Crippen LogP contribution in [-0.4, -0.2) is 48.7 Å². The molecule has 4 rings (SSSR count). The molecule has 1 fully saturated rings. The summed E-state index contributed by atoms with van der Waals surface area (Å²) in [6.07, 6.45) is 1.58. The first-order chi connectivity index (χ1) is 14.4. The first-order valence-electron chi connectivity index (χ1n) is 9.84. The molecule has 1 saturated heterocycles. The number of halogens is 2. The molecule has 0 saturated carbocycles. The van der Waals surface area contributed by atoms with Gasteiger partial charge in [-0.15, -0.1) is 0 Å². The number of Topliss-reactive ketones (excluding diaryl/α,β-unsaturated/α-hetero) is 1. The van der Waals surface area contributed by atoms with Gasteiger partial charge >= 0.3 is 11.8 Å². The summed E-state index contributed by atoms with van der Waals surface area (Å²) in [7, 11) is 0. The summed E-state index contributed by atoms with van der Waals surface area (Å²) >= 11 is 5.73. The van der Waals surface area contributed by atoms with Gasteiger partial charge in [0.15, 0.2) is 0 Å². The largest absolute Gasteiger partial charge is 0.368 e. The fourth-order valence-electron chi connectivity index (χ4n) is 3.86.